The van der Waals surface area contributed by atoms with Crippen molar-refractivity contribution < 1.29 is 0 Å². The lowest BCUT2D eigenvalue weighted by molar-refractivity contribution is 0.912. The van der Waals surface area contributed by atoms with Gasteiger partial charge < -0.3 is 0 Å². The topological polar surface area (TPSA) is 36.2 Å². The molecule has 0 fully saturated rings. The predicted octanol–water partition coefficient (Wildman–Crippen LogP) is 4.14. The summed E-state index contributed by atoms with van der Waals surface area (Å²) in [6.07, 6.45) is 3.11. The van der Waals surface area contributed by atoms with Crippen LogP contribution < -0.4 is 0 Å². The van der Waals surface area contributed by atoms with E-state index in [1.165, 1.54) is 11.1 Å². The van der Waals surface area contributed by atoms with Gasteiger partial charge in [0.25, 0.3) is 0 Å². The highest BCUT2D eigenvalue weighted by Crippen LogP contribution is 2.14. The summed E-state index contributed by atoms with van der Waals surface area (Å²) in [5, 5.41) is 7.98. The van der Waals surface area contributed by atoms with E-state index in [-0.39, 0.29) is 0 Å². The van der Waals surface area contributed by atoms with E-state index in [1.807, 2.05) is 13.0 Å². The zero-order chi connectivity index (χ0) is 12.8. The summed E-state index contributed by atoms with van der Waals surface area (Å²) in [6, 6.07) is 6.18. The number of nitrogens with zero attached hydrogens (tertiary/aromatic N) is 1. The molecule has 1 rings (SSSR count). The van der Waals surface area contributed by atoms with Gasteiger partial charge in [0.2, 0.25) is 0 Å². The molecule has 1 aromatic carbocycles. The predicted molar refractivity (Wildman–Crippen MR) is 75.4 cm³/mol. The molecule has 0 amide bonds. The monoisotopic (exact) mass is 230 g/mol. The normalized spacial score (nSPS) is 11.6. The number of aliphatic imine (C=N–C) groups is 1. The van der Waals surface area contributed by atoms with Crippen molar-refractivity contribution in [1.29, 1.82) is 5.41 Å². The van der Waals surface area contributed by atoms with Crippen LogP contribution >= 0.6 is 0 Å². The van der Waals surface area contributed by atoms with E-state index >= 15 is 0 Å². The molecule has 0 aliphatic carbocycles. The van der Waals surface area contributed by atoms with Crippen LogP contribution in [0.2, 0.25) is 0 Å². The van der Waals surface area contributed by atoms with Gasteiger partial charge in [-0.25, -0.2) is 4.99 Å². The maximum Gasteiger partial charge on any atom is 0.151 e. The maximum absolute atomic E-state index is 7.98. The molecule has 0 saturated heterocycles. The highest BCUT2D eigenvalue weighted by molar-refractivity contribution is 6.04. The van der Waals surface area contributed by atoms with E-state index in [1.54, 1.807) is 0 Å². The molecule has 0 spiro atoms. The molecular weight excluding hydrogens is 208 g/mol. The third-order valence-corrected chi connectivity index (χ3v) is 2.96. The Morgan fingerprint density at radius 1 is 1.29 bits per heavy atom. The number of aryl methyl sites for hydroxylation is 2. The fraction of sp³-hybridized carbons (Fsp3) is 0.467. The van der Waals surface area contributed by atoms with Crippen LogP contribution in [-0.2, 0) is 6.42 Å². The molecule has 2 nitrogen and oxygen atoms in total. The molecule has 0 aromatic heterocycles. The van der Waals surface area contributed by atoms with Gasteiger partial charge in [-0.1, -0.05) is 32.4 Å². The molecule has 0 saturated carbocycles. The maximum atomic E-state index is 7.98. The molecule has 0 radical (unpaired) electrons. The van der Waals surface area contributed by atoms with Gasteiger partial charge in [-0.3, -0.25) is 5.41 Å². The number of hydrogen-bond acceptors (Lipinski definition) is 1. The minimum atomic E-state index is 0.377. The highest BCUT2D eigenvalue weighted by Gasteiger charge is 2.04. The standard InChI is InChI=1S/C15H22N2/c1-5-7-13-10-14(9-8-11(13)3)15(16)17-12(4)6-2/h8-10,16H,5-7H2,1-4H3. The summed E-state index contributed by atoms with van der Waals surface area (Å²) in [5.74, 6) is 0.377. The summed E-state index contributed by atoms with van der Waals surface area (Å²) >= 11 is 0. The zero-order valence-electron chi connectivity index (χ0n) is 11.3. The van der Waals surface area contributed by atoms with Gasteiger partial charge >= 0.3 is 0 Å². The van der Waals surface area contributed by atoms with Crippen LogP contribution in [0.4, 0.5) is 0 Å². The smallest absolute Gasteiger partial charge is 0.151 e. The summed E-state index contributed by atoms with van der Waals surface area (Å²) in [4.78, 5) is 4.30. The number of nitrogens with one attached hydrogen (secondary N) is 1. The fourth-order valence-electron chi connectivity index (χ4n) is 1.69. The van der Waals surface area contributed by atoms with Crippen LogP contribution in [0.3, 0.4) is 0 Å². The van der Waals surface area contributed by atoms with E-state index in [4.69, 9.17) is 5.41 Å². The first kappa shape index (κ1) is 13.6. The second-order valence-electron chi connectivity index (χ2n) is 4.44. The van der Waals surface area contributed by atoms with Crippen molar-refractivity contribution in [2.75, 3.05) is 0 Å². The zero-order valence-corrected chi connectivity index (χ0v) is 11.3. The van der Waals surface area contributed by atoms with E-state index in [9.17, 15) is 0 Å². The molecule has 1 N–H and O–H groups in total. The first-order chi connectivity index (χ1) is 8.08. The van der Waals surface area contributed by atoms with Gasteiger partial charge in [-0.15, -0.1) is 0 Å². The molecule has 0 aliphatic rings. The lowest BCUT2D eigenvalue weighted by atomic mass is 10.0. The van der Waals surface area contributed by atoms with Crippen molar-refractivity contribution in [1.82, 2.24) is 0 Å². The Morgan fingerprint density at radius 3 is 2.59 bits per heavy atom. The van der Waals surface area contributed by atoms with Crippen molar-refractivity contribution in [3.8, 4) is 0 Å². The van der Waals surface area contributed by atoms with Gasteiger partial charge in [0.15, 0.2) is 5.84 Å². The fourth-order valence-corrected chi connectivity index (χ4v) is 1.69. The summed E-state index contributed by atoms with van der Waals surface area (Å²) < 4.78 is 0. The van der Waals surface area contributed by atoms with Crippen LogP contribution in [0.25, 0.3) is 0 Å². The molecule has 0 atom stereocenters. The van der Waals surface area contributed by atoms with Crippen molar-refractivity contribution in [3.63, 3.8) is 0 Å². The number of amidine groups is 1. The summed E-state index contributed by atoms with van der Waals surface area (Å²) in [7, 11) is 0. The molecule has 0 bridgehead atoms. The second kappa shape index (κ2) is 6.33. The van der Waals surface area contributed by atoms with Crippen LogP contribution in [0, 0.1) is 12.3 Å². The lowest BCUT2D eigenvalue weighted by Crippen LogP contribution is -2.01. The third kappa shape index (κ3) is 3.81. The molecule has 0 aliphatic heterocycles. The Labute approximate surface area is 104 Å². The highest BCUT2D eigenvalue weighted by atomic mass is 14.8. The molecule has 2 heteroatoms. The SMILES string of the molecule is CCCc1cc(C(=N)N=C(C)CC)ccc1C. The van der Waals surface area contributed by atoms with Crippen LogP contribution in [0.5, 0.6) is 0 Å². The molecule has 17 heavy (non-hydrogen) atoms. The van der Waals surface area contributed by atoms with E-state index < -0.39 is 0 Å². The Morgan fingerprint density at radius 2 is 2.00 bits per heavy atom. The third-order valence-electron chi connectivity index (χ3n) is 2.96. The molecule has 0 unspecified atom stereocenters. The van der Waals surface area contributed by atoms with Gasteiger partial charge in [0.05, 0.1) is 0 Å². The van der Waals surface area contributed by atoms with Crippen molar-refractivity contribution in [2.45, 2.75) is 47.0 Å². The quantitative estimate of drug-likeness (QED) is 0.596. The van der Waals surface area contributed by atoms with Gasteiger partial charge in [-0.2, -0.15) is 0 Å². The minimum Gasteiger partial charge on any atom is -0.282 e. The van der Waals surface area contributed by atoms with E-state index in [0.717, 1.165) is 30.5 Å². The largest absolute Gasteiger partial charge is 0.282 e. The van der Waals surface area contributed by atoms with E-state index in [2.05, 4.69) is 37.9 Å². The number of benzene rings is 1. The molecule has 92 valence electrons. The van der Waals surface area contributed by atoms with Crippen LogP contribution in [-0.4, -0.2) is 11.5 Å². The Kier molecular flexibility index (Phi) is 5.08. The van der Waals surface area contributed by atoms with Gasteiger partial charge in [0.1, 0.15) is 0 Å². The van der Waals surface area contributed by atoms with Gasteiger partial charge in [0, 0.05) is 11.3 Å². The summed E-state index contributed by atoms with van der Waals surface area (Å²) in [5.41, 5.74) is 4.57. The van der Waals surface area contributed by atoms with Gasteiger partial charge in [-0.05, 0) is 43.9 Å². The molecule has 1 aromatic rings. The first-order valence-corrected chi connectivity index (χ1v) is 6.31. The van der Waals surface area contributed by atoms with Crippen LogP contribution in [0.1, 0.15) is 50.3 Å². The van der Waals surface area contributed by atoms with Crippen molar-refractivity contribution in [2.24, 2.45) is 4.99 Å². The van der Waals surface area contributed by atoms with E-state index in [0.29, 0.717) is 5.84 Å². The second-order valence-corrected chi connectivity index (χ2v) is 4.44. The molecule has 0 heterocycles. The Bertz CT molecular complexity index is 431. The number of hydrogen-bond donors (Lipinski definition) is 1. The van der Waals surface area contributed by atoms with Crippen molar-refractivity contribution in [3.05, 3.63) is 34.9 Å². The average molecular weight is 230 g/mol. The molecular formula is C15H22N2. The summed E-state index contributed by atoms with van der Waals surface area (Å²) in [6.45, 7) is 8.33. The average Bonchev–Trinajstić information content (AvgIpc) is 2.32. The van der Waals surface area contributed by atoms with Crippen molar-refractivity contribution >= 4 is 11.5 Å². The Balaban J connectivity index is 2.99. The minimum absolute atomic E-state index is 0.377. The van der Waals surface area contributed by atoms with Crippen LogP contribution in [0.15, 0.2) is 23.2 Å². The number of rotatable bonds is 4. The first-order valence-electron chi connectivity index (χ1n) is 6.31. The lowest BCUT2D eigenvalue weighted by Gasteiger charge is -2.07. The Hall–Kier alpha value is -1.44.